The van der Waals surface area contributed by atoms with Crippen molar-refractivity contribution in [2.24, 2.45) is 0 Å². The van der Waals surface area contributed by atoms with Gasteiger partial charge in [0, 0.05) is 24.9 Å². The first kappa shape index (κ1) is 16.7. The number of benzene rings is 1. The third-order valence-electron chi connectivity index (χ3n) is 2.18. The zero-order chi connectivity index (χ0) is 14.3. The molecule has 0 aliphatic rings. The second kappa shape index (κ2) is 7.91. The maximum absolute atomic E-state index is 10.7. The zero-order valence-electron chi connectivity index (χ0n) is 11.2. The summed E-state index contributed by atoms with van der Waals surface area (Å²) in [5.74, 6) is 0. The van der Waals surface area contributed by atoms with Gasteiger partial charge in [-0.1, -0.05) is 19.9 Å². The van der Waals surface area contributed by atoms with Gasteiger partial charge in [0.2, 0.25) is 0 Å². The Hall–Kier alpha value is -1.31. The number of nitro groups is 1. The number of anilines is 1. The normalized spacial score (nSPS) is 9.72. The summed E-state index contributed by atoms with van der Waals surface area (Å²) in [6, 6.07) is 4.79. The quantitative estimate of drug-likeness (QED) is 0.516. The van der Waals surface area contributed by atoms with E-state index in [1.807, 2.05) is 13.8 Å². The highest BCUT2D eigenvalue weighted by molar-refractivity contribution is 7.96. The van der Waals surface area contributed by atoms with Gasteiger partial charge in [0.15, 0.2) is 0 Å². The Morgan fingerprint density at radius 3 is 2.39 bits per heavy atom. The molecule has 0 spiro atoms. The molecule has 0 aliphatic heterocycles. The van der Waals surface area contributed by atoms with Gasteiger partial charge in [-0.05, 0) is 29.5 Å². The standard InChI is InChI=1S/C9H13N3O3S.C2H6/c1-7-4-5-8(6-9(7)11(13)14)10(2)12(15)16-3;1-2/h4-6,15H,1-3H3;1-2H3. The molecular formula is C11H19N3O3S. The van der Waals surface area contributed by atoms with Crippen molar-refractivity contribution in [3.63, 3.8) is 0 Å². The van der Waals surface area contributed by atoms with E-state index in [1.54, 1.807) is 32.4 Å². The van der Waals surface area contributed by atoms with E-state index in [0.29, 0.717) is 11.3 Å². The minimum Gasteiger partial charge on any atom is -0.285 e. The van der Waals surface area contributed by atoms with Crippen molar-refractivity contribution in [2.45, 2.75) is 20.8 Å². The predicted molar refractivity (Wildman–Crippen MR) is 74.7 cm³/mol. The van der Waals surface area contributed by atoms with E-state index < -0.39 is 4.92 Å². The molecule has 0 heterocycles. The lowest BCUT2D eigenvalue weighted by Crippen LogP contribution is -2.31. The Morgan fingerprint density at radius 2 is 1.94 bits per heavy atom. The van der Waals surface area contributed by atoms with Crippen molar-refractivity contribution < 1.29 is 10.1 Å². The zero-order valence-corrected chi connectivity index (χ0v) is 12.1. The van der Waals surface area contributed by atoms with Gasteiger partial charge < -0.3 is 0 Å². The van der Waals surface area contributed by atoms with Crippen LogP contribution in [0.3, 0.4) is 0 Å². The Labute approximate surface area is 111 Å². The van der Waals surface area contributed by atoms with Crippen molar-refractivity contribution in [1.82, 2.24) is 4.58 Å². The fraction of sp³-hybridized carbons (Fsp3) is 0.455. The molecule has 1 aromatic rings. The average Bonchev–Trinajstić information content (AvgIpc) is 2.39. The summed E-state index contributed by atoms with van der Waals surface area (Å²) in [5, 5.41) is 21.6. The van der Waals surface area contributed by atoms with Crippen LogP contribution in [0.4, 0.5) is 11.4 Å². The number of hydrogen-bond donors (Lipinski definition) is 1. The summed E-state index contributed by atoms with van der Waals surface area (Å²) in [4.78, 5) is 10.3. The van der Waals surface area contributed by atoms with Crippen molar-refractivity contribution in [3.8, 4) is 0 Å². The van der Waals surface area contributed by atoms with E-state index >= 15 is 0 Å². The number of nitrogens with zero attached hydrogens (tertiary/aromatic N) is 3. The third kappa shape index (κ3) is 4.17. The summed E-state index contributed by atoms with van der Waals surface area (Å²) >= 11 is 1.09. The maximum atomic E-state index is 10.7. The number of nitro benzene ring substituents is 1. The van der Waals surface area contributed by atoms with Crippen LogP contribution in [0.5, 0.6) is 0 Å². The van der Waals surface area contributed by atoms with Gasteiger partial charge in [-0.25, -0.2) is 0 Å². The molecule has 0 aromatic heterocycles. The van der Waals surface area contributed by atoms with Crippen molar-refractivity contribution in [3.05, 3.63) is 33.9 Å². The first-order valence-electron chi connectivity index (χ1n) is 5.49. The van der Waals surface area contributed by atoms with Gasteiger partial charge in [0.05, 0.1) is 10.6 Å². The summed E-state index contributed by atoms with van der Waals surface area (Å²) in [6.07, 6.45) is 1.69. The lowest BCUT2D eigenvalue weighted by Gasteiger charge is -2.25. The lowest BCUT2D eigenvalue weighted by molar-refractivity contribution is -0.385. The summed E-state index contributed by atoms with van der Waals surface area (Å²) < 4.78 is 0.897. The molecular weight excluding hydrogens is 254 g/mol. The van der Waals surface area contributed by atoms with Gasteiger partial charge in [0.1, 0.15) is 0 Å². The third-order valence-corrected chi connectivity index (χ3v) is 2.75. The van der Waals surface area contributed by atoms with Gasteiger partial charge in [-0.3, -0.25) is 20.3 Å². The topological polar surface area (TPSA) is 69.8 Å². The van der Waals surface area contributed by atoms with Crippen LogP contribution in [-0.4, -0.2) is 28.0 Å². The first-order valence-corrected chi connectivity index (χ1v) is 6.67. The average molecular weight is 273 g/mol. The molecule has 0 atom stereocenters. The summed E-state index contributed by atoms with van der Waals surface area (Å²) in [7, 11) is 1.62. The molecule has 1 rings (SSSR count). The fourth-order valence-electron chi connectivity index (χ4n) is 1.22. The van der Waals surface area contributed by atoms with Crippen LogP contribution in [0.2, 0.25) is 0 Å². The molecule has 102 valence electrons. The molecule has 0 aliphatic carbocycles. The van der Waals surface area contributed by atoms with Gasteiger partial charge in [-0.15, -0.1) is 0 Å². The SMILES string of the molecule is CC.CSN(O)N(C)c1ccc(C)c([N+](=O)[O-])c1. The first-order chi connectivity index (χ1) is 8.47. The summed E-state index contributed by atoms with van der Waals surface area (Å²) in [6.45, 7) is 5.67. The molecule has 0 amide bonds. The van der Waals surface area contributed by atoms with E-state index in [0.717, 1.165) is 16.5 Å². The molecule has 0 saturated carbocycles. The smallest absolute Gasteiger partial charge is 0.274 e. The van der Waals surface area contributed by atoms with E-state index in [2.05, 4.69) is 0 Å². The minimum absolute atomic E-state index is 0.0406. The highest BCUT2D eigenvalue weighted by Crippen LogP contribution is 2.25. The summed E-state index contributed by atoms with van der Waals surface area (Å²) in [5.41, 5.74) is 1.18. The van der Waals surface area contributed by atoms with Gasteiger partial charge in [-0.2, -0.15) is 0 Å². The number of aryl methyl sites for hydroxylation is 1. The van der Waals surface area contributed by atoms with E-state index in [4.69, 9.17) is 0 Å². The van der Waals surface area contributed by atoms with Gasteiger partial charge >= 0.3 is 0 Å². The monoisotopic (exact) mass is 273 g/mol. The molecule has 0 bridgehead atoms. The maximum Gasteiger partial charge on any atom is 0.274 e. The molecule has 1 N–H and O–H groups in total. The Kier molecular flexibility index (Phi) is 7.33. The predicted octanol–water partition coefficient (Wildman–Crippen LogP) is 3.25. The van der Waals surface area contributed by atoms with Crippen molar-refractivity contribution in [1.29, 1.82) is 0 Å². The van der Waals surface area contributed by atoms with Crippen LogP contribution in [0.1, 0.15) is 19.4 Å². The number of hydrogen-bond acceptors (Lipinski definition) is 6. The molecule has 6 nitrogen and oxygen atoms in total. The molecule has 0 fully saturated rings. The number of hydrazine groups is 1. The highest BCUT2D eigenvalue weighted by Gasteiger charge is 2.15. The molecule has 18 heavy (non-hydrogen) atoms. The lowest BCUT2D eigenvalue weighted by atomic mass is 10.2. The second-order valence-corrected chi connectivity index (χ2v) is 3.88. The Morgan fingerprint density at radius 1 is 1.39 bits per heavy atom. The van der Waals surface area contributed by atoms with Crippen LogP contribution in [0.15, 0.2) is 18.2 Å². The van der Waals surface area contributed by atoms with Crippen LogP contribution in [0.25, 0.3) is 0 Å². The van der Waals surface area contributed by atoms with Crippen molar-refractivity contribution in [2.75, 3.05) is 18.3 Å². The Bertz CT molecular complexity index is 401. The van der Waals surface area contributed by atoms with Crippen LogP contribution in [0, 0.1) is 17.0 Å². The Balaban J connectivity index is 0.00000137. The molecule has 0 unspecified atom stereocenters. The van der Waals surface area contributed by atoms with E-state index in [9.17, 15) is 15.3 Å². The molecule has 1 aromatic carbocycles. The van der Waals surface area contributed by atoms with Crippen LogP contribution >= 0.6 is 11.9 Å². The molecule has 7 heteroatoms. The van der Waals surface area contributed by atoms with Crippen LogP contribution < -0.4 is 5.01 Å². The van der Waals surface area contributed by atoms with Crippen LogP contribution in [-0.2, 0) is 0 Å². The molecule has 0 radical (unpaired) electrons. The molecule has 0 saturated heterocycles. The minimum atomic E-state index is -0.437. The van der Waals surface area contributed by atoms with Gasteiger partial charge in [0.25, 0.3) is 5.69 Å². The van der Waals surface area contributed by atoms with E-state index in [1.165, 1.54) is 11.1 Å². The fourth-order valence-corrected chi connectivity index (χ4v) is 1.56. The highest BCUT2D eigenvalue weighted by atomic mass is 32.2. The largest absolute Gasteiger partial charge is 0.285 e. The second-order valence-electron chi connectivity index (χ2n) is 3.19. The number of rotatable bonds is 4. The van der Waals surface area contributed by atoms with E-state index in [-0.39, 0.29) is 5.69 Å². The van der Waals surface area contributed by atoms with Crippen molar-refractivity contribution >= 4 is 23.3 Å².